The highest BCUT2D eigenvalue weighted by atomic mass is 16.3. The molecule has 0 saturated carbocycles. The van der Waals surface area contributed by atoms with Crippen LogP contribution in [0.4, 0.5) is 0 Å². The van der Waals surface area contributed by atoms with Gasteiger partial charge in [-0.2, -0.15) is 0 Å². The zero-order valence-electron chi connectivity index (χ0n) is 11.2. The first-order valence-corrected chi connectivity index (χ1v) is 6.58. The molecule has 0 bridgehead atoms. The van der Waals surface area contributed by atoms with E-state index in [1.54, 1.807) is 24.5 Å². The summed E-state index contributed by atoms with van der Waals surface area (Å²) in [6, 6.07) is 9.10. The van der Waals surface area contributed by atoms with Crippen LogP contribution in [0.25, 0.3) is 22.4 Å². The van der Waals surface area contributed by atoms with Crippen molar-refractivity contribution in [3.05, 3.63) is 48.3 Å². The molecule has 3 rings (SSSR count). The molecule has 0 fully saturated rings. The molecular formula is C15H14N4O2. The fourth-order valence-electron chi connectivity index (χ4n) is 2.12. The molecule has 0 unspecified atom stereocenters. The van der Waals surface area contributed by atoms with E-state index in [2.05, 4.69) is 20.3 Å². The highest BCUT2D eigenvalue weighted by Crippen LogP contribution is 2.22. The molecule has 1 amide bonds. The Morgan fingerprint density at radius 3 is 2.95 bits per heavy atom. The van der Waals surface area contributed by atoms with E-state index < -0.39 is 0 Å². The molecule has 3 N–H and O–H groups in total. The average molecular weight is 282 g/mol. The molecule has 0 aliphatic carbocycles. The first-order valence-electron chi connectivity index (χ1n) is 6.58. The van der Waals surface area contributed by atoms with Crippen LogP contribution in [-0.4, -0.2) is 39.1 Å². The van der Waals surface area contributed by atoms with Gasteiger partial charge in [0, 0.05) is 24.5 Å². The quantitative estimate of drug-likeness (QED) is 0.673. The van der Waals surface area contributed by atoms with E-state index in [9.17, 15) is 4.79 Å². The molecule has 0 spiro atoms. The first-order chi connectivity index (χ1) is 10.3. The number of nitrogens with one attached hydrogen (secondary N) is 2. The Hall–Kier alpha value is -2.73. The highest BCUT2D eigenvalue weighted by molar-refractivity contribution is 6.05. The molecule has 2 aromatic heterocycles. The molecule has 0 aliphatic rings. The average Bonchev–Trinajstić information content (AvgIpc) is 2.97. The van der Waals surface area contributed by atoms with E-state index in [1.807, 2.05) is 18.2 Å². The number of hydrogen-bond acceptors (Lipinski definition) is 4. The first kappa shape index (κ1) is 13.3. The lowest BCUT2D eigenvalue weighted by Gasteiger charge is -2.03. The van der Waals surface area contributed by atoms with Crippen LogP contribution >= 0.6 is 0 Å². The lowest BCUT2D eigenvalue weighted by atomic mass is 10.1. The predicted molar refractivity (Wildman–Crippen MR) is 78.7 cm³/mol. The lowest BCUT2D eigenvalue weighted by Crippen LogP contribution is -2.26. The van der Waals surface area contributed by atoms with Crippen LogP contribution in [-0.2, 0) is 0 Å². The minimum absolute atomic E-state index is 0.0940. The van der Waals surface area contributed by atoms with Crippen molar-refractivity contribution in [3.63, 3.8) is 0 Å². The van der Waals surface area contributed by atoms with Gasteiger partial charge in [0.1, 0.15) is 11.3 Å². The third-order valence-electron chi connectivity index (χ3n) is 3.09. The summed E-state index contributed by atoms with van der Waals surface area (Å²) in [4.78, 5) is 23.8. The largest absolute Gasteiger partial charge is 0.395 e. The van der Waals surface area contributed by atoms with Gasteiger partial charge in [0.25, 0.3) is 5.91 Å². The fourth-order valence-corrected chi connectivity index (χ4v) is 2.12. The third-order valence-corrected chi connectivity index (χ3v) is 3.09. The Kier molecular flexibility index (Phi) is 3.61. The Balaban J connectivity index is 2.04. The zero-order chi connectivity index (χ0) is 14.7. The van der Waals surface area contributed by atoms with Gasteiger partial charge in [0.05, 0.1) is 17.7 Å². The smallest absolute Gasteiger partial charge is 0.253 e. The van der Waals surface area contributed by atoms with Crippen LogP contribution in [0.2, 0.25) is 0 Å². The molecule has 6 heteroatoms. The molecule has 0 atom stereocenters. The Morgan fingerprint density at radius 2 is 2.19 bits per heavy atom. The topological polar surface area (TPSA) is 90.9 Å². The molecule has 21 heavy (non-hydrogen) atoms. The number of carbonyl (C=O) groups is 1. The van der Waals surface area contributed by atoms with Crippen LogP contribution in [0.1, 0.15) is 10.4 Å². The highest BCUT2D eigenvalue weighted by Gasteiger charge is 2.13. The molecule has 0 saturated heterocycles. The van der Waals surface area contributed by atoms with Crippen LogP contribution in [0, 0.1) is 0 Å². The van der Waals surface area contributed by atoms with Gasteiger partial charge in [-0.05, 0) is 24.3 Å². The lowest BCUT2D eigenvalue weighted by molar-refractivity contribution is 0.0946. The number of carbonyl (C=O) groups excluding carboxylic acids is 1. The third kappa shape index (κ3) is 2.61. The van der Waals surface area contributed by atoms with Gasteiger partial charge < -0.3 is 15.4 Å². The van der Waals surface area contributed by atoms with Crippen molar-refractivity contribution < 1.29 is 9.90 Å². The van der Waals surface area contributed by atoms with Crippen molar-refractivity contribution in [1.82, 2.24) is 20.3 Å². The summed E-state index contributed by atoms with van der Waals surface area (Å²) in [6.07, 6.45) is 3.41. The second-order valence-electron chi connectivity index (χ2n) is 4.51. The number of H-pyrrole nitrogens is 1. The molecule has 1 aromatic carbocycles. The van der Waals surface area contributed by atoms with Crippen LogP contribution in [0.3, 0.4) is 0 Å². The fraction of sp³-hybridized carbons (Fsp3) is 0.133. The van der Waals surface area contributed by atoms with Crippen LogP contribution in [0.15, 0.2) is 42.7 Å². The minimum atomic E-state index is -0.251. The Morgan fingerprint density at radius 1 is 1.29 bits per heavy atom. The zero-order valence-corrected chi connectivity index (χ0v) is 11.2. The Labute approximate surface area is 120 Å². The van der Waals surface area contributed by atoms with Crippen molar-refractivity contribution in [2.75, 3.05) is 13.2 Å². The van der Waals surface area contributed by atoms with E-state index in [4.69, 9.17) is 5.11 Å². The van der Waals surface area contributed by atoms with E-state index in [1.165, 1.54) is 0 Å². The van der Waals surface area contributed by atoms with E-state index in [-0.39, 0.29) is 19.1 Å². The maximum atomic E-state index is 12.1. The van der Waals surface area contributed by atoms with E-state index >= 15 is 0 Å². The number of aromatic amines is 1. The summed E-state index contributed by atoms with van der Waals surface area (Å²) in [5.41, 5.74) is 2.72. The number of aliphatic hydroxyl groups is 1. The molecule has 2 heterocycles. The molecule has 6 nitrogen and oxygen atoms in total. The van der Waals surface area contributed by atoms with Gasteiger partial charge in [0.15, 0.2) is 0 Å². The van der Waals surface area contributed by atoms with Crippen molar-refractivity contribution in [3.8, 4) is 11.4 Å². The number of aromatic nitrogens is 3. The maximum Gasteiger partial charge on any atom is 0.253 e. The van der Waals surface area contributed by atoms with Crippen molar-refractivity contribution in [2.24, 2.45) is 0 Å². The summed E-state index contributed by atoms with van der Waals surface area (Å²) >= 11 is 0. The number of benzene rings is 1. The van der Waals surface area contributed by atoms with Crippen LogP contribution < -0.4 is 5.32 Å². The molecular weight excluding hydrogens is 268 g/mol. The van der Waals surface area contributed by atoms with Crippen molar-refractivity contribution in [2.45, 2.75) is 0 Å². The summed E-state index contributed by atoms with van der Waals surface area (Å²) < 4.78 is 0. The standard InChI is InChI=1S/C15H14N4O2/c20-8-7-17-15(21)11-4-1-5-12-13(11)19-14(18-12)10-3-2-6-16-9-10/h1-6,9,20H,7-8H2,(H,17,21)(H,18,19). The predicted octanol–water partition coefficient (Wildman–Crippen LogP) is 1.35. The van der Waals surface area contributed by atoms with Gasteiger partial charge >= 0.3 is 0 Å². The monoisotopic (exact) mass is 282 g/mol. The number of hydrogen-bond donors (Lipinski definition) is 3. The van der Waals surface area contributed by atoms with Crippen molar-refractivity contribution >= 4 is 16.9 Å². The van der Waals surface area contributed by atoms with Gasteiger partial charge in [-0.3, -0.25) is 9.78 Å². The number of amides is 1. The van der Waals surface area contributed by atoms with E-state index in [0.29, 0.717) is 16.9 Å². The summed E-state index contributed by atoms with van der Waals surface area (Å²) in [7, 11) is 0. The number of rotatable bonds is 4. The summed E-state index contributed by atoms with van der Waals surface area (Å²) in [5.74, 6) is 0.416. The molecule has 106 valence electrons. The van der Waals surface area contributed by atoms with Gasteiger partial charge in [-0.15, -0.1) is 0 Å². The summed E-state index contributed by atoms with van der Waals surface area (Å²) in [5, 5.41) is 11.4. The number of aliphatic hydroxyl groups excluding tert-OH is 1. The number of para-hydroxylation sites is 1. The number of pyridine rings is 1. The van der Waals surface area contributed by atoms with Gasteiger partial charge in [-0.25, -0.2) is 4.98 Å². The maximum absolute atomic E-state index is 12.1. The second-order valence-corrected chi connectivity index (χ2v) is 4.51. The molecule has 3 aromatic rings. The number of imidazole rings is 1. The number of nitrogens with zero attached hydrogens (tertiary/aromatic N) is 2. The van der Waals surface area contributed by atoms with E-state index in [0.717, 1.165) is 11.1 Å². The van der Waals surface area contributed by atoms with Gasteiger partial charge in [-0.1, -0.05) is 6.07 Å². The molecule has 0 aliphatic heterocycles. The van der Waals surface area contributed by atoms with Gasteiger partial charge in [0.2, 0.25) is 0 Å². The molecule has 0 radical (unpaired) electrons. The Bertz CT molecular complexity index is 768. The number of fused-ring (bicyclic) bond motifs is 1. The SMILES string of the molecule is O=C(NCCO)c1cccc2[nH]c(-c3cccnc3)nc12. The van der Waals surface area contributed by atoms with Crippen molar-refractivity contribution in [1.29, 1.82) is 0 Å². The van der Waals surface area contributed by atoms with Crippen LogP contribution in [0.5, 0.6) is 0 Å². The normalized spacial score (nSPS) is 10.7. The minimum Gasteiger partial charge on any atom is -0.395 e. The summed E-state index contributed by atoms with van der Waals surface area (Å²) in [6.45, 7) is 0.123. The second kappa shape index (κ2) is 5.72.